The van der Waals surface area contributed by atoms with Crippen LogP contribution in [-0.2, 0) is 12.5 Å². The van der Waals surface area contributed by atoms with E-state index in [1.807, 2.05) is 150 Å². The van der Waals surface area contributed by atoms with E-state index in [-0.39, 0.29) is 48.7 Å². The number of hydrogen-bond donors (Lipinski definition) is 0. The minimum absolute atomic E-state index is 0. The molecule has 7 aromatic rings. The first-order valence-electron chi connectivity index (χ1n) is 19.0. The largest absolute Gasteiger partial charge is 0.490 e. The van der Waals surface area contributed by atoms with Gasteiger partial charge < -0.3 is 13.7 Å². The molecule has 4 aromatic carbocycles. The van der Waals surface area contributed by atoms with E-state index >= 15 is 0 Å². The van der Waals surface area contributed by atoms with Gasteiger partial charge in [0, 0.05) is 23.4 Å². The molecule has 322 valence electrons. The number of para-hydroxylation sites is 5. The van der Waals surface area contributed by atoms with Crippen LogP contribution in [0.15, 0.2) is 101 Å². The van der Waals surface area contributed by atoms with E-state index in [0.29, 0.717) is 0 Å². The summed E-state index contributed by atoms with van der Waals surface area (Å²) >= 11 is 1.74. The maximum absolute atomic E-state index is 5.72. The summed E-state index contributed by atoms with van der Waals surface area (Å²) in [6, 6.07) is 32.7. The predicted octanol–water partition coefficient (Wildman–Crippen LogP) is 17.6. The Balaban J connectivity index is -0.000000194. The third-order valence-corrected chi connectivity index (χ3v) is 9.35. The molecule has 0 saturated heterocycles. The highest BCUT2D eigenvalue weighted by Gasteiger charge is 2.37. The second-order valence-electron chi connectivity index (χ2n) is 11.7. The zero-order valence-corrected chi connectivity index (χ0v) is 35.7. The van der Waals surface area contributed by atoms with E-state index in [1.54, 1.807) is 11.3 Å². The van der Waals surface area contributed by atoms with Crippen LogP contribution in [0.2, 0.25) is 0 Å². The van der Waals surface area contributed by atoms with Crippen molar-refractivity contribution in [3.8, 4) is 5.75 Å². The summed E-state index contributed by atoms with van der Waals surface area (Å²) in [5.41, 5.74) is 7.12. The number of imidazole rings is 1. The van der Waals surface area contributed by atoms with Gasteiger partial charge in [0.05, 0.1) is 26.3 Å². The normalized spacial score (nSPS) is 11.6. The van der Waals surface area contributed by atoms with Gasteiger partial charge in [-0.05, 0) is 76.6 Å². The van der Waals surface area contributed by atoms with E-state index in [0.717, 1.165) is 39.0 Å². The van der Waals surface area contributed by atoms with E-state index in [4.69, 9.17) is 9.15 Å². The number of aromatic nitrogens is 3. The Bertz CT molecular complexity index is 1900. The quantitative estimate of drug-likeness (QED) is 0.153. The molecule has 0 saturated carbocycles. The molecular weight excluding hydrogens is 719 g/mol. The summed E-state index contributed by atoms with van der Waals surface area (Å²) in [6.45, 7) is 30.7. The molecule has 1 atom stereocenters. The molecule has 5 nitrogen and oxygen atoms in total. The molecule has 0 radical (unpaired) electrons. The van der Waals surface area contributed by atoms with Crippen LogP contribution in [0.25, 0.3) is 32.2 Å². The number of nitrogens with zero attached hydrogens (tertiary/aromatic N) is 3. The molecule has 0 aliphatic carbocycles. The molecular formula is C51H85N3O2S. The fourth-order valence-corrected chi connectivity index (χ4v) is 6.04. The lowest BCUT2D eigenvalue weighted by Gasteiger charge is -2.21. The summed E-state index contributed by atoms with van der Waals surface area (Å²) in [5, 5.41) is 2.37. The number of ether oxygens (including phenoxy) is 1. The second-order valence-corrected chi connectivity index (χ2v) is 12.9. The monoisotopic (exact) mass is 804 g/mol. The summed E-state index contributed by atoms with van der Waals surface area (Å²) < 4.78 is 14.6. The van der Waals surface area contributed by atoms with Gasteiger partial charge in [0.15, 0.2) is 0 Å². The fraction of sp³-hybridized carbons (Fsp3) is 0.451. The van der Waals surface area contributed by atoms with Gasteiger partial charge in [0.2, 0.25) is 0 Å². The van der Waals surface area contributed by atoms with Crippen molar-refractivity contribution in [2.24, 2.45) is 7.05 Å². The van der Waals surface area contributed by atoms with Crippen molar-refractivity contribution in [1.82, 2.24) is 14.5 Å². The highest BCUT2D eigenvalue weighted by atomic mass is 32.1. The first-order chi connectivity index (χ1) is 25.1. The second kappa shape index (κ2) is 31.6. The lowest BCUT2D eigenvalue weighted by Crippen LogP contribution is -2.28. The Morgan fingerprint density at radius 1 is 0.614 bits per heavy atom. The standard InChI is InChI=1S/C11H14O.C10H10O.C9H10N2.C8H7NS.4C2H6.5CH4/c1-8-11(2,3)9-6-4-5-7-10(9)12-8;1-7-8(2)11-10-6-4-3-5-9(7)10;1-7-10-8-5-3-4-6-9(8)11(7)2;1-6-9-7-4-2-3-5-8(7)10-6;4*1-2;;;;;/h4-8H,1-3H3;2*3-6H,1-2H3;2-5H,1H3;4*1-2H3;5*1H4. The van der Waals surface area contributed by atoms with Gasteiger partial charge >= 0.3 is 0 Å². The van der Waals surface area contributed by atoms with Crippen LogP contribution in [0, 0.1) is 27.7 Å². The molecule has 0 N–H and O–H groups in total. The smallest absolute Gasteiger partial charge is 0.134 e. The molecule has 0 fully saturated rings. The van der Waals surface area contributed by atoms with Gasteiger partial charge in [-0.2, -0.15) is 0 Å². The maximum atomic E-state index is 5.72. The van der Waals surface area contributed by atoms with Crippen molar-refractivity contribution >= 4 is 43.6 Å². The minimum Gasteiger partial charge on any atom is -0.490 e. The predicted molar refractivity (Wildman–Crippen MR) is 264 cm³/mol. The van der Waals surface area contributed by atoms with Crippen molar-refractivity contribution in [3.63, 3.8) is 0 Å². The molecule has 57 heavy (non-hydrogen) atoms. The Morgan fingerprint density at radius 3 is 1.65 bits per heavy atom. The molecule has 6 heteroatoms. The van der Waals surface area contributed by atoms with E-state index in [9.17, 15) is 0 Å². The van der Waals surface area contributed by atoms with Crippen LogP contribution in [-0.4, -0.2) is 20.6 Å². The summed E-state index contributed by atoms with van der Waals surface area (Å²) in [5.74, 6) is 3.13. The van der Waals surface area contributed by atoms with Crippen LogP contribution in [0.5, 0.6) is 5.75 Å². The zero-order chi connectivity index (χ0) is 39.4. The summed E-state index contributed by atoms with van der Waals surface area (Å²) in [7, 11) is 2.03. The zero-order valence-electron chi connectivity index (χ0n) is 34.9. The molecule has 1 aliphatic rings. The average Bonchev–Trinajstić information content (AvgIpc) is 3.88. The Hall–Kier alpha value is -4.42. The average molecular weight is 804 g/mol. The first-order valence-corrected chi connectivity index (χ1v) is 19.8. The van der Waals surface area contributed by atoms with Gasteiger partial charge in [-0.3, -0.25) is 0 Å². The van der Waals surface area contributed by atoms with Crippen molar-refractivity contribution in [3.05, 3.63) is 125 Å². The number of benzene rings is 4. The van der Waals surface area contributed by atoms with Crippen molar-refractivity contribution in [2.75, 3.05) is 0 Å². The third kappa shape index (κ3) is 16.5. The molecule has 1 aliphatic heterocycles. The first kappa shape index (κ1) is 61.8. The molecule has 0 spiro atoms. The third-order valence-electron chi connectivity index (χ3n) is 8.40. The Labute approximate surface area is 356 Å². The van der Waals surface area contributed by atoms with Gasteiger partial charge in [0.1, 0.15) is 29.0 Å². The van der Waals surface area contributed by atoms with E-state index in [1.165, 1.54) is 26.7 Å². The Kier molecular flexibility index (Phi) is 34.3. The number of thiazole rings is 1. The van der Waals surface area contributed by atoms with Crippen LogP contribution in [0.3, 0.4) is 0 Å². The Morgan fingerprint density at radius 2 is 1.11 bits per heavy atom. The van der Waals surface area contributed by atoms with Crippen LogP contribution in [0.1, 0.15) is 141 Å². The number of aryl methyl sites for hydroxylation is 5. The lowest BCUT2D eigenvalue weighted by molar-refractivity contribution is 0.185. The number of fused-ring (bicyclic) bond motifs is 4. The maximum Gasteiger partial charge on any atom is 0.134 e. The van der Waals surface area contributed by atoms with Crippen molar-refractivity contribution in [1.29, 1.82) is 0 Å². The van der Waals surface area contributed by atoms with Crippen LogP contribution in [0.4, 0.5) is 0 Å². The van der Waals surface area contributed by atoms with Gasteiger partial charge in [-0.1, -0.05) is 167 Å². The number of rotatable bonds is 0. The topological polar surface area (TPSA) is 53.1 Å². The molecule has 1 unspecified atom stereocenters. The fourth-order valence-electron chi connectivity index (χ4n) is 5.21. The lowest BCUT2D eigenvalue weighted by atomic mass is 9.82. The van der Waals surface area contributed by atoms with Crippen LogP contribution < -0.4 is 4.74 Å². The summed E-state index contributed by atoms with van der Waals surface area (Å²) in [4.78, 5) is 8.71. The number of hydrogen-bond acceptors (Lipinski definition) is 5. The molecule has 8 rings (SSSR count). The van der Waals surface area contributed by atoms with Gasteiger partial charge in [-0.25, -0.2) is 9.97 Å². The molecule has 0 bridgehead atoms. The SMILES string of the molecule is C.C.C.C.C.CC.CC.CC.CC.CC1Oc2ccccc2C1(C)C.Cc1nc2ccccc2n1C.Cc1nc2ccccc2s1.Cc1oc2ccccc2c1C. The summed E-state index contributed by atoms with van der Waals surface area (Å²) in [6.07, 6.45) is 0.287. The molecule has 0 amide bonds. The van der Waals surface area contributed by atoms with Crippen molar-refractivity contribution in [2.45, 2.75) is 153 Å². The highest BCUT2D eigenvalue weighted by molar-refractivity contribution is 7.18. The highest BCUT2D eigenvalue weighted by Crippen LogP contribution is 2.42. The van der Waals surface area contributed by atoms with E-state index in [2.05, 4.69) is 72.6 Å². The van der Waals surface area contributed by atoms with E-state index < -0.39 is 0 Å². The molecule has 3 aromatic heterocycles. The van der Waals surface area contributed by atoms with Gasteiger partial charge in [0.25, 0.3) is 0 Å². The van der Waals surface area contributed by atoms with Gasteiger partial charge in [-0.15, -0.1) is 11.3 Å². The number of furan rings is 1. The minimum atomic E-state index is 0. The van der Waals surface area contributed by atoms with Crippen LogP contribution >= 0.6 is 11.3 Å². The van der Waals surface area contributed by atoms with Crippen molar-refractivity contribution < 1.29 is 9.15 Å². The molecule has 4 heterocycles.